The third-order valence-corrected chi connectivity index (χ3v) is 4.42. The Kier molecular flexibility index (Phi) is 2.42. The molecule has 1 fully saturated rings. The van der Waals surface area contributed by atoms with Crippen molar-refractivity contribution in [2.45, 2.75) is 31.1 Å². The van der Waals surface area contributed by atoms with Gasteiger partial charge in [-0.05, 0) is 54.4 Å². The topological polar surface area (TPSA) is 20.3 Å². The fourth-order valence-corrected chi connectivity index (χ4v) is 3.35. The monoisotopic (exact) mass is 233 g/mol. The van der Waals surface area contributed by atoms with Crippen molar-refractivity contribution in [3.63, 3.8) is 0 Å². The molecule has 0 saturated carbocycles. The zero-order valence-corrected chi connectivity index (χ0v) is 9.79. The van der Waals surface area contributed by atoms with Crippen LogP contribution in [0.4, 0.5) is 4.39 Å². The molecule has 1 aromatic carbocycles. The Hall–Kier alpha value is -1.38. The average Bonchev–Trinajstić information content (AvgIpc) is 2.70. The summed E-state index contributed by atoms with van der Waals surface area (Å²) in [5, 5.41) is 0. The van der Waals surface area contributed by atoms with Gasteiger partial charge in [0.15, 0.2) is 0 Å². The van der Waals surface area contributed by atoms with Crippen LogP contribution in [0.15, 0.2) is 18.2 Å². The van der Waals surface area contributed by atoms with Gasteiger partial charge in [0, 0.05) is 13.1 Å². The van der Waals surface area contributed by atoms with Crippen molar-refractivity contribution in [3.05, 3.63) is 35.1 Å². The van der Waals surface area contributed by atoms with Crippen molar-refractivity contribution in [2.75, 3.05) is 13.1 Å². The minimum Gasteiger partial charge on any atom is -0.345 e. The van der Waals surface area contributed by atoms with Crippen molar-refractivity contribution in [1.29, 1.82) is 0 Å². The van der Waals surface area contributed by atoms with E-state index in [1.54, 1.807) is 12.1 Å². The van der Waals surface area contributed by atoms with E-state index in [0.29, 0.717) is 0 Å². The van der Waals surface area contributed by atoms with Crippen LogP contribution < -0.4 is 0 Å². The average molecular weight is 233 g/mol. The highest BCUT2D eigenvalue weighted by atomic mass is 19.1. The highest BCUT2D eigenvalue weighted by molar-refractivity contribution is 5.48. The largest absolute Gasteiger partial charge is 0.345 e. The summed E-state index contributed by atoms with van der Waals surface area (Å²) in [4.78, 5) is 12.6. The lowest BCUT2D eigenvalue weighted by atomic mass is 9.74. The number of benzene rings is 1. The van der Waals surface area contributed by atoms with E-state index >= 15 is 0 Å². The van der Waals surface area contributed by atoms with Crippen LogP contribution in [0.3, 0.4) is 0 Å². The minimum absolute atomic E-state index is 0.136. The zero-order chi connectivity index (χ0) is 11.9. The number of aryl methyl sites for hydroxylation is 1. The maximum atomic E-state index is 13.4. The summed E-state index contributed by atoms with van der Waals surface area (Å²) in [6, 6.07) is 5.18. The lowest BCUT2D eigenvalue weighted by Crippen LogP contribution is -2.40. The molecule has 1 spiro atoms. The van der Waals surface area contributed by atoms with Gasteiger partial charge in [-0.25, -0.2) is 4.39 Å². The smallest absolute Gasteiger partial charge is 0.209 e. The zero-order valence-electron chi connectivity index (χ0n) is 9.79. The fraction of sp³-hybridized carbons (Fsp3) is 0.500. The van der Waals surface area contributed by atoms with Crippen molar-refractivity contribution < 1.29 is 9.18 Å². The molecule has 1 aliphatic carbocycles. The molecule has 17 heavy (non-hydrogen) atoms. The summed E-state index contributed by atoms with van der Waals surface area (Å²) in [5.41, 5.74) is 2.63. The Morgan fingerprint density at radius 1 is 1.24 bits per heavy atom. The lowest BCUT2D eigenvalue weighted by Gasteiger charge is -2.38. The van der Waals surface area contributed by atoms with Gasteiger partial charge in [0.1, 0.15) is 5.82 Å². The number of carbonyl (C=O) groups excluding carboxylic acids is 1. The molecular formula is C14H16FNO. The number of likely N-dealkylation sites (tertiary alicyclic amines) is 1. The molecular weight excluding hydrogens is 217 g/mol. The number of rotatable bonds is 1. The highest BCUT2D eigenvalue weighted by Gasteiger charge is 2.41. The third kappa shape index (κ3) is 1.65. The SMILES string of the molecule is O=CN1CCC2(CCc3ccc(F)cc32)CC1. The minimum atomic E-state index is -0.136. The Morgan fingerprint density at radius 3 is 2.71 bits per heavy atom. The molecule has 0 radical (unpaired) electrons. The van der Waals surface area contributed by atoms with Gasteiger partial charge in [-0.15, -0.1) is 0 Å². The number of hydrogen-bond acceptors (Lipinski definition) is 1. The van der Waals surface area contributed by atoms with Gasteiger partial charge in [-0.2, -0.15) is 0 Å². The van der Waals surface area contributed by atoms with E-state index in [1.165, 1.54) is 11.1 Å². The van der Waals surface area contributed by atoms with E-state index in [-0.39, 0.29) is 11.2 Å². The number of fused-ring (bicyclic) bond motifs is 2. The maximum absolute atomic E-state index is 13.4. The molecule has 1 amide bonds. The standard InChI is InChI=1S/C14H16FNO/c15-12-2-1-11-3-4-14(13(11)9-12)5-7-16(10-17)8-6-14/h1-2,9-10H,3-8H2. The molecule has 1 aromatic rings. The first kappa shape index (κ1) is 10.8. The highest BCUT2D eigenvalue weighted by Crippen LogP contribution is 2.46. The number of carbonyl (C=O) groups is 1. The number of halogens is 1. The van der Waals surface area contributed by atoms with Crippen molar-refractivity contribution in [2.24, 2.45) is 0 Å². The van der Waals surface area contributed by atoms with Gasteiger partial charge in [-0.1, -0.05) is 6.07 Å². The summed E-state index contributed by atoms with van der Waals surface area (Å²) in [6.45, 7) is 1.61. The predicted molar refractivity (Wildman–Crippen MR) is 63.3 cm³/mol. The summed E-state index contributed by atoms with van der Waals surface area (Å²) in [7, 11) is 0. The molecule has 0 atom stereocenters. The summed E-state index contributed by atoms with van der Waals surface area (Å²) in [6.07, 6.45) is 5.04. The van der Waals surface area contributed by atoms with Gasteiger partial charge < -0.3 is 4.90 Å². The van der Waals surface area contributed by atoms with E-state index in [9.17, 15) is 9.18 Å². The molecule has 0 bridgehead atoms. The van der Waals surface area contributed by atoms with Crippen LogP contribution in [0.25, 0.3) is 0 Å². The summed E-state index contributed by atoms with van der Waals surface area (Å²) in [5.74, 6) is -0.136. The van der Waals surface area contributed by atoms with Crippen LogP contribution in [0, 0.1) is 5.82 Å². The van der Waals surface area contributed by atoms with Gasteiger partial charge in [0.2, 0.25) is 6.41 Å². The van der Waals surface area contributed by atoms with E-state index in [1.807, 2.05) is 11.0 Å². The lowest BCUT2D eigenvalue weighted by molar-refractivity contribution is -0.119. The van der Waals surface area contributed by atoms with Gasteiger partial charge in [0.25, 0.3) is 0 Å². The summed E-state index contributed by atoms with van der Waals surface area (Å²) < 4.78 is 13.4. The van der Waals surface area contributed by atoms with Crippen LogP contribution in [0.5, 0.6) is 0 Å². The van der Waals surface area contributed by atoms with E-state index in [2.05, 4.69) is 0 Å². The number of amides is 1. The van der Waals surface area contributed by atoms with E-state index in [4.69, 9.17) is 0 Å². The predicted octanol–water partition coefficient (Wildman–Crippen LogP) is 2.26. The second kappa shape index (κ2) is 3.83. The van der Waals surface area contributed by atoms with Gasteiger partial charge in [-0.3, -0.25) is 4.79 Å². The van der Waals surface area contributed by atoms with Crippen LogP contribution in [0.2, 0.25) is 0 Å². The van der Waals surface area contributed by atoms with Gasteiger partial charge >= 0.3 is 0 Å². The molecule has 0 N–H and O–H groups in total. The van der Waals surface area contributed by atoms with Crippen LogP contribution >= 0.6 is 0 Å². The first-order chi connectivity index (χ1) is 8.23. The van der Waals surface area contributed by atoms with Crippen LogP contribution in [-0.2, 0) is 16.6 Å². The molecule has 2 aliphatic rings. The van der Waals surface area contributed by atoms with Gasteiger partial charge in [0.05, 0.1) is 0 Å². The van der Waals surface area contributed by atoms with Crippen molar-refractivity contribution in [1.82, 2.24) is 4.90 Å². The first-order valence-corrected chi connectivity index (χ1v) is 6.22. The van der Waals surface area contributed by atoms with Crippen LogP contribution in [0.1, 0.15) is 30.4 Å². The molecule has 90 valence electrons. The summed E-state index contributed by atoms with van der Waals surface area (Å²) >= 11 is 0. The quantitative estimate of drug-likeness (QED) is 0.681. The van der Waals surface area contributed by atoms with E-state index < -0.39 is 0 Å². The number of hydrogen-bond donors (Lipinski definition) is 0. The first-order valence-electron chi connectivity index (χ1n) is 6.22. The molecule has 1 heterocycles. The second-order valence-electron chi connectivity index (χ2n) is 5.22. The fourth-order valence-electron chi connectivity index (χ4n) is 3.35. The molecule has 3 rings (SSSR count). The molecule has 1 saturated heterocycles. The van der Waals surface area contributed by atoms with Crippen LogP contribution in [-0.4, -0.2) is 24.4 Å². The van der Waals surface area contributed by atoms with Crippen molar-refractivity contribution >= 4 is 6.41 Å². The number of nitrogens with zero attached hydrogens (tertiary/aromatic N) is 1. The molecule has 0 aromatic heterocycles. The molecule has 3 heteroatoms. The Balaban J connectivity index is 1.92. The number of piperidine rings is 1. The molecule has 0 unspecified atom stereocenters. The van der Waals surface area contributed by atoms with Crippen molar-refractivity contribution in [3.8, 4) is 0 Å². The maximum Gasteiger partial charge on any atom is 0.209 e. The third-order valence-electron chi connectivity index (χ3n) is 4.42. The molecule has 2 nitrogen and oxygen atoms in total. The normalized spacial score (nSPS) is 21.6. The second-order valence-corrected chi connectivity index (χ2v) is 5.22. The molecule has 1 aliphatic heterocycles. The Labute approximate surface area is 100 Å². The Morgan fingerprint density at radius 2 is 2.00 bits per heavy atom. The Bertz CT molecular complexity index is 450. The van der Waals surface area contributed by atoms with E-state index in [0.717, 1.165) is 45.2 Å².